The molecule has 0 radical (unpaired) electrons. The molecule has 0 amide bonds. The van der Waals surface area contributed by atoms with Gasteiger partial charge in [-0.15, -0.1) is 0 Å². The molecule has 2 heteroatoms. The van der Waals surface area contributed by atoms with E-state index in [9.17, 15) is 4.79 Å². The molecule has 0 bridgehead atoms. The van der Waals surface area contributed by atoms with Gasteiger partial charge in [0.05, 0.1) is 0 Å². The number of aliphatic carboxylic acids is 1. The maximum absolute atomic E-state index is 10.3. The predicted molar refractivity (Wildman–Crippen MR) is 87.0 cm³/mol. The van der Waals surface area contributed by atoms with E-state index in [-0.39, 0.29) is 0 Å². The zero-order valence-corrected chi connectivity index (χ0v) is 13.2. The first-order chi connectivity index (χ1) is 9.77. The molecule has 0 spiro atoms. The monoisotopic (exact) mass is 280 g/mol. The average molecular weight is 280 g/mol. The van der Waals surface area contributed by atoms with Gasteiger partial charge in [-0.25, -0.2) is 0 Å². The summed E-state index contributed by atoms with van der Waals surface area (Å²) in [5.74, 6) is -0.664. The molecule has 0 aromatic rings. The Bertz CT molecular complexity index is 267. The van der Waals surface area contributed by atoms with Crippen molar-refractivity contribution in [1.29, 1.82) is 0 Å². The zero-order chi connectivity index (χ0) is 14.9. The Morgan fingerprint density at radius 3 is 1.95 bits per heavy atom. The lowest BCUT2D eigenvalue weighted by Gasteiger charge is -2.00. The molecule has 0 aliphatic carbocycles. The van der Waals surface area contributed by atoms with Gasteiger partial charge in [-0.05, 0) is 32.1 Å². The van der Waals surface area contributed by atoms with E-state index in [0.717, 1.165) is 25.7 Å². The van der Waals surface area contributed by atoms with E-state index < -0.39 is 5.97 Å². The summed E-state index contributed by atoms with van der Waals surface area (Å²) in [4.78, 5) is 10.3. The molecule has 0 aliphatic rings. The first kappa shape index (κ1) is 18.9. The lowest BCUT2D eigenvalue weighted by atomic mass is 10.1. The average Bonchev–Trinajstić information content (AvgIpc) is 2.43. The minimum atomic E-state index is -0.664. The molecule has 0 aromatic heterocycles. The van der Waals surface area contributed by atoms with Crippen molar-refractivity contribution < 1.29 is 9.90 Å². The molecular weight excluding hydrogens is 248 g/mol. The summed E-state index contributed by atoms with van der Waals surface area (Å²) in [6.07, 6.45) is 22.3. The van der Waals surface area contributed by atoms with Crippen LogP contribution < -0.4 is 0 Å². The highest BCUT2D eigenvalue weighted by Crippen LogP contribution is 2.10. The molecule has 2 nitrogen and oxygen atoms in total. The number of carboxylic acid groups (broad SMARTS) is 1. The normalized spacial score (nSPS) is 11.7. The van der Waals surface area contributed by atoms with E-state index in [1.165, 1.54) is 44.9 Å². The van der Waals surface area contributed by atoms with Crippen LogP contribution in [0.1, 0.15) is 84.0 Å². The van der Waals surface area contributed by atoms with E-state index in [0.29, 0.717) is 6.42 Å². The summed E-state index contributed by atoms with van der Waals surface area (Å²) >= 11 is 0. The van der Waals surface area contributed by atoms with Crippen molar-refractivity contribution in [2.45, 2.75) is 84.0 Å². The highest BCUT2D eigenvalue weighted by molar-refractivity contribution is 5.66. The fourth-order valence-corrected chi connectivity index (χ4v) is 2.15. The fourth-order valence-electron chi connectivity index (χ4n) is 2.15. The maximum atomic E-state index is 10.3. The van der Waals surface area contributed by atoms with Crippen molar-refractivity contribution in [3.63, 3.8) is 0 Å². The highest BCUT2D eigenvalue weighted by atomic mass is 16.4. The molecule has 0 fully saturated rings. The van der Waals surface area contributed by atoms with Gasteiger partial charge in [0.15, 0.2) is 0 Å². The lowest BCUT2D eigenvalue weighted by molar-refractivity contribution is -0.137. The highest BCUT2D eigenvalue weighted by Gasteiger charge is 1.96. The summed E-state index contributed by atoms with van der Waals surface area (Å²) in [6, 6.07) is 0. The van der Waals surface area contributed by atoms with Crippen molar-refractivity contribution in [1.82, 2.24) is 0 Å². The van der Waals surface area contributed by atoms with Crippen LogP contribution in [0.4, 0.5) is 0 Å². The van der Waals surface area contributed by atoms with Gasteiger partial charge in [0.2, 0.25) is 0 Å². The summed E-state index contributed by atoms with van der Waals surface area (Å²) in [7, 11) is 0. The summed E-state index contributed by atoms with van der Waals surface area (Å²) in [5.41, 5.74) is 0. The number of unbranched alkanes of at least 4 members (excludes halogenated alkanes) is 8. The molecule has 0 atom stereocenters. The molecule has 0 unspecified atom stereocenters. The molecule has 0 heterocycles. The number of carboxylic acids is 1. The van der Waals surface area contributed by atoms with Crippen LogP contribution in [0, 0.1) is 0 Å². The van der Waals surface area contributed by atoms with Crippen LogP contribution in [0.5, 0.6) is 0 Å². The van der Waals surface area contributed by atoms with E-state index in [2.05, 4.69) is 31.2 Å². The standard InChI is InChI=1S/C18H32O2/c1-2-3-4-5-6-7-8-9-10-11-12-13-14-15-16-17-18(19)20/h3-4,6-7H,2,5,8-17H2,1H3,(H,19,20). The van der Waals surface area contributed by atoms with Crippen molar-refractivity contribution in [3.8, 4) is 0 Å². The molecule has 0 rings (SSSR count). The van der Waals surface area contributed by atoms with Crippen LogP contribution in [-0.4, -0.2) is 11.1 Å². The van der Waals surface area contributed by atoms with Crippen LogP contribution in [0.15, 0.2) is 24.3 Å². The zero-order valence-electron chi connectivity index (χ0n) is 13.2. The Hall–Kier alpha value is -1.05. The minimum Gasteiger partial charge on any atom is -0.481 e. The molecule has 0 saturated heterocycles. The third kappa shape index (κ3) is 16.9. The number of rotatable bonds is 14. The second kappa shape index (κ2) is 16.0. The van der Waals surface area contributed by atoms with Gasteiger partial charge in [0, 0.05) is 6.42 Å². The second-order valence-corrected chi connectivity index (χ2v) is 5.35. The Labute approximate surface area is 125 Å². The van der Waals surface area contributed by atoms with Crippen LogP contribution in [-0.2, 0) is 4.79 Å². The molecule has 0 aliphatic heterocycles. The Morgan fingerprint density at radius 1 is 0.800 bits per heavy atom. The third-order valence-electron chi connectivity index (χ3n) is 3.35. The van der Waals surface area contributed by atoms with Gasteiger partial charge in [-0.1, -0.05) is 69.8 Å². The summed E-state index contributed by atoms with van der Waals surface area (Å²) in [5, 5.41) is 8.51. The molecule has 0 aromatic carbocycles. The minimum absolute atomic E-state index is 0.333. The van der Waals surface area contributed by atoms with Crippen LogP contribution in [0.25, 0.3) is 0 Å². The van der Waals surface area contributed by atoms with E-state index >= 15 is 0 Å². The van der Waals surface area contributed by atoms with Gasteiger partial charge in [0.25, 0.3) is 0 Å². The number of carbonyl (C=O) groups is 1. The Morgan fingerprint density at radius 2 is 1.35 bits per heavy atom. The number of hydrogen-bond acceptors (Lipinski definition) is 1. The van der Waals surface area contributed by atoms with Crippen molar-refractivity contribution in [3.05, 3.63) is 24.3 Å². The second-order valence-electron chi connectivity index (χ2n) is 5.35. The predicted octanol–water partition coefficient (Wildman–Crippen LogP) is 5.88. The Kier molecular flexibility index (Phi) is 15.2. The van der Waals surface area contributed by atoms with Crippen LogP contribution in [0.2, 0.25) is 0 Å². The topological polar surface area (TPSA) is 37.3 Å². The van der Waals surface area contributed by atoms with Crippen molar-refractivity contribution in [2.24, 2.45) is 0 Å². The van der Waals surface area contributed by atoms with E-state index in [4.69, 9.17) is 5.11 Å². The van der Waals surface area contributed by atoms with E-state index in [1.54, 1.807) is 0 Å². The van der Waals surface area contributed by atoms with Gasteiger partial charge in [-0.2, -0.15) is 0 Å². The summed E-state index contributed by atoms with van der Waals surface area (Å²) in [6.45, 7) is 2.16. The van der Waals surface area contributed by atoms with Crippen LogP contribution in [0.3, 0.4) is 0 Å². The van der Waals surface area contributed by atoms with E-state index in [1.807, 2.05) is 0 Å². The Balaban J connectivity index is 3.09. The molecule has 0 saturated carbocycles. The van der Waals surface area contributed by atoms with Gasteiger partial charge in [0.1, 0.15) is 0 Å². The maximum Gasteiger partial charge on any atom is 0.303 e. The molecule has 116 valence electrons. The third-order valence-corrected chi connectivity index (χ3v) is 3.35. The van der Waals surface area contributed by atoms with Gasteiger partial charge < -0.3 is 5.11 Å². The van der Waals surface area contributed by atoms with Gasteiger partial charge in [-0.3, -0.25) is 4.79 Å². The largest absolute Gasteiger partial charge is 0.481 e. The lowest BCUT2D eigenvalue weighted by Crippen LogP contribution is -1.93. The number of allylic oxidation sites excluding steroid dienone is 4. The molecular formula is C18H32O2. The SMILES string of the molecule is CCC=CCC=CCCCCCCCCCCC(=O)O. The smallest absolute Gasteiger partial charge is 0.303 e. The quantitative estimate of drug-likeness (QED) is 0.318. The van der Waals surface area contributed by atoms with Gasteiger partial charge >= 0.3 is 5.97 Å². The van der Waals surface area contributed by atoms with Crippen molar-refractivity contribution >= 4 is 5.97 Å². The molecule has 1 N–H and O–H groups in total. The molecule has 20 heavy (non-hydrogen) atoms. The van der Waals surface area contributed by atoms with Crippen LogP contribution >= 0.6 is 0 Å². The first-order valence-corrected chi connectivity index (χ1v) is 8.29. The number of hydrogen-bond donors (Lipinski definition) is 1. The first-order valence-electron chi connectivity index (χ1n) is 8.29. The summed E-state index contributed by atoms with van der Waals surface area (Å²) < 4.78 is 0. The van der Waals surface area contributed by atoms with Crippen molar-refractivity contribution in [2.75, 3.05) is 0 Å². The fraction of sp³-hybridized carbons (Fsp3) is 0.722.